The van der Waals surface area contributed by atoms with Gasteiger partial charge in [-0.1, -0.05) is 23.7 Å². The fourth-order valence-electron chi connectivity index (χ4n) is 2.03. The van der Waals surface area contributed by atoms with Crippen molar-refractivity contribution in [2.75, 3.05) is 11.9 Å². The summed E-state index contributed by atoms with van der Waals surface area (Å²) in [5.41, 5.74) is 0.0914. The fourth-order valence-corrected chi connectivity index (χ4v) is 2.22. The van der Waals surface area contributed by atoms with Crippen molar-refractivity contribution in [3.8, 4) is 0 Å². The van der Waals surface area contributed by atoms with E-state index in [-0.39, 0.29) is 12.2 Å². The summed E-state index contributed by atoms with van der Waals surface area (Å²) in [4.78, 5) is 14.2. The molecule has 0 amide bonds. The molecule has 1 aromatic carbocycles. The van der Waals surface area contributed by atoms with Gasteiger partial charge in [0.2, 0.25) is 0 Å². The van der Waals surface area contributed by atoms with Crippen LogP contribution in [-0.4, -0.2) is 21.6 Å². The molecular weight excluding hydrogens is 306 g/mol. The highest BCUT2D eigenvalue weighted by atomic mass is 35.5. The second-order valence-electron chi connectivity index (χ2n) is 5.25. The molecule has 2 rings (SSSR count). The maximum atomic E-state index is 10.7. The number of aryl methyl sites for hydroxylation is 1. The number of nitro groups is 1. The number of aliphatic hydroxyl groups is 1. The van der Waals surface area contributed by atoms with Gasteiger partial charge in [0.15, 0.2) is 0 Å². The van der Waals surface area contributed by atoms with Crippen molar-refractivity contribution in [2.45, 2.75) is 19.4 Å². The van der Waals surface area contributed by atoms with Crippen molar-refractivity contribution in [1.82, 2.24) is 4.98 Å². The monoisotopic (exact) mass is 321 g/mol. The predicted octanol–water partition coefficient (Wildman–Crippen LogP) is 3.27. The molecule has 1 unspecified atom stereocenters. The van der Waals surface area contributed by atoms with Crippen LogP contribution in [0, 0.1) is 17.0 Å². The SMILES string of the molecule is Cc1cc([N+](=O)[O-])cnc1NCC(C)(O)c1cccc(Cl)c1. The van der Waals surface area contributed by atoms with Gasteiger partial charge in [-0.2, -0.15) is 0 Å². The first kappa shape index (κ1) is 16.2. The Labute approximate surface area is 132 Å². The van der Waals surface area contributed by atoms with Crippen LogP contribution >= 0.6 is 11.6 Å². The molecule has 1 aromatic heterocycles. The van der Waals surface area contributed by atoms with Gasteiger partial charge in [-0.05, 0) is 37.1 Å². The highest BCUT2D eigenvalue weighted by molar-refractivity contribution is 6.30. The Balaban J connectivity index is 2.13. The van der Waals surface area contributed by atoms with Crippen molar-refractivity contribution in [3.63, 3.8) is 0 Å². The Morgan fingerprint density at radius 1 is 1.45 bits per heavy atom. The van der Waals surface area contributed by atoms with Crippen LogP contribution in [0.5, 0.6) is 0 Å². The Morgan fingerprint density at radius 2 is 2.18 bits per heavy atom. The quantitative estimate of drug-likeness (QED) is 0.651. The second kappa shape index (κ2) is 6.29. The van der Waals surface area contributed by atoms with Gasteiger partial charge >= 0.3 is 0 Å². The van der Waals surface area contributed by atoms with E-state index in [2.05, 4.69) is 10.3 Å². The highest BCUT2D eigenvalue weighted by Gasteiger charge is 2.23. The molecule has 0 radical (unpaired) electrons. The van der Waals surface area contributed by atoms with Gasteiger partial charge in [-0.15, -0.1) is 0 Å². The minimum atomic E-state index is -1.15. The molecule has 7 heteroatoms. The number of anilines is 1. The van der Waals surface area contributed by atoms with E-state index in [0.717, 1.165) is 0 Å². The summed E-state index contributed by atoms with van der Waals surface area (Å²) in [6, 6.07) is 8.41. The minimum absolute atomic E-state index is 0.0651. The van der Waals surface area contributed by atoms with Gasteiger partial charge < -0.3 is 10.4 Å². The van der Waals surface area contributed by atoms with Crippen molar-refractivity contribution < 1.29 is 10.0 Å². The molecule has 6 nitrogen and oxygen atoms in total. The molecule has 1 heterocycles. The fraction of sp³-hybridized carbons (Fsp3) is 0.267. The normalized spacial score (nSPS) is 13.5. The first-order valence-electron chi connectivity index (χ1n) is 6.63. The summed E-state index contributed by atoms with van der Waals surface area (Å²) < 4.78 is 0. The highest BCUT2D eigenvalue weighted by Crippen LogP contribution is 2.25. The van der Waals surface area contributed by atoms with Crippen LogP contribution in [0.1, 0.15) is 18.1 Å². The summed E-state index contributed by atoms with van der Waals surface area (Å²) in [5.74, 6) is 0.493. The van der Waals surface area contributed by atoms with E-state index in [1.54, 1.807) is 38.1 Å². The molecular formula is C15H16ClN3O3. The molecule has 0 saturated carbocycles. The van der Waals surface area contributed by atoms with Gasteiger partial charge in [0.05, 0.1) is 4.92 Å². The average molecular weight is 322 g/mol. The minimum Gasteiger partial charge on any atom is -0.384 e. The number of nitrogens with one attached hydrogen (secondary N) is 1. The van der Waals surface area contributed by atoms with Gasteiger partial charge in [0.25, 0.3) is 5.69 Å². The standard InChI is InChI=1S/C15H16ClN3O3/c1-10-6-13(19(21)22)8-17-14(10)18-9-15(2,20)11-4-3-5-12(16)7-11/h3-8,20H,9H2,1-2H3,(H,17,18). The molecule has 1 atom stereocenters. The molecule has 2 N–H and O–H groups in total. The van der Waals surface area contributed by atoms with E-state index < -0.39 is 10.5 Å². The Morgan fingerprint density at radius 3 is 2.77 bits per heavy atom. The summed E-state index contributed by atoms with van der Waals surface area (Å²) in [5, 5.41) is 24.8. The molecule has 0 saturated heterocycles. The molecule has 22 heavy (non-hydrogen) atoms. The zero-order valence-corrected chi connectivity index (χ0v) is 13.0. The summed E-state index contributed by atoms with van der Waals surface area (Å²) in [7, 11) is 0. The Hall–Kier alpha value is -2.18. The third-order valence-electron chi connectivity index (χ3n) is 3.32. The Kier molecular flexibility index (Phi) is 4.63. The van der Waals surface area contributed by atoms with E-state index in [9.17, 15) is 15.2 Å². The molecule has 2 aromatic rings. The maximum absolute atomic E-state index is 10.7. The van der Waals surface area contributed by atoms with Crippen LogP contribution in [0.4, 0.5) is 11.5 Å². The van der Waals surface area contributed by atoms with E-state index >= 15 is 0 Å². The number of hydrogen-bond donors (Lipinski definition) is 2. The maximum Gasteiger partial charge on any atom is 0.287 e. The lowest BCUT2D eigenvalue weighted by Gasteiger charge is -2.25. The zero-order chi connectivity index (χ0) is 16.3. The number of pyridine rings is 1. The van der Waals surface area contributed by atoms with E-state index in [4.69, 9.17) is 11.6 Å². The van der Waals surface area contributed by atoms with Crippen LogP contribution in [0.25, 0.3) is 0 Å². The summed E-state index contributed by atoms with van der Waals surface area (Å²) in [6.45, 7) is 3.57. The predicted molar refractivity (Wildman–Crippen MR) is 85.1 cm³/mol. The van der Waals surface area contributed by atoms with Crippen LogP contribution in [0.15, 0.2) is 36.5 Å². The third-order valence-corrected chi connectivity index (χ3v) is 3.56. The molecule has 0 spiro atoms. The molecule has 0 bridgehead atoms. The zero-order valence-electron chi connectivity index (χ0n) is 12.2. The smallest absolute Gasteiger partial charge is 0.287 e. The van der Waals surface area contributed by atoms with Crippen LogP contribution in [-0.2, 0) is 5.60 Å². The van der Waals surface area contributed by atoms with Crippen molar-refractivity contribution in [1.29, 1.82) is 0 Å². The average Bonchev–Trinajstić information content (AvgIpc) is 2.46. The lowest BCUT2D eigenvalue weighted by molar-refractivity contribution is -0.385. The number of halogens is 1. The molecule has 116 valence electrons. The van der Waals surface area contributed by atoms with E-state index in [0.29, 0.717) is 22.0 Å². The summed E-state index contributed by atoms with van der Waals surface area (Å²) in [6.07, 6.45) is 1.18. The first-order chi connectivity index (χ1) is 10.3. The molecule has 0 aliphatic carbocycles. The number of hydrogen-bond acceptors (Lipinski definition) is 5. The topological polar surface area (TPSA) is 88.3 Å². The van der Waals surface area contributed by atoms with Crippen molar-refractivity contribution >= 4 is 23.1 Å². The van der Waals surface area contributed by atoms with Gasteiger partial charge in [0.1, 0.15) is 17.6 Å². The van der Waals surface area contributed by atoms with Crippen molar-refractivity contribution in [3.05, 3.63) is 62.8 Å². The van der Waals surface area contributed by atoms with Crippen molar-refractivity contribution in [2.24, 2.45) is 0 Å². The number of nitrogens with zero attached hydrogens (tertiary/aromatic N) is 2. The first-order valence-corrected chi connectivity index (χ1v) is 7.01. The molecule has 0 aliphatic rings. The van der Waals surface area contributed by atoms with Crippen LogP contribution < -0.4 is 5.32 Å². The molecule has 0 fully saturated rings. The Bertz CT molecular complexity index is 704. The number of aromatic nitrogens is 1. The van der Waals surface area contributed by atoms with E-state index in [1.807, 2.05) is 0 Å². The van der Waals surface area contributed by atoms with Crippen LogP contribution in [0.3, 0.4) is 0 Å². The molecule has 0 aliphatic heterocycles. The second-order valence-corrected chi connectivity index (χ2v) is 5.69. The van der Waals surface area contributed by atoms with Gasteiger partial charge in [0, 0.05) is 17.6 Å². The van der Waals surface area contributed by atoms with Gasteiger partial charge in [-0.3, -0.25) is 10.1 Å². The lowest BCUT2D eigenvalue weighted by Crippen LogP contribution is -2.31. The largest absolute Gasteiger partial charge is 0.384 e. The number of rotatable bonds is 5. The third kappa shape index (κ3) is 3.72. The number of benzene rings is 1. The van der Waals surface area contributed by atoms with Crippen LogP contribution in [0.2, 0.25) is 5.02 Å². The summed E-state index contributed by atoms with van der Waals surface area (Å²) >= 11 is 5.93. The lowest BCUT2D eigenvalue weighted by atomic mass is 9.96. The van der Waals surface area contributed by atoms with E-state index in [1.165, 1.54) is 12.3 Å². The van der Waals surface area contributed by atoms with Gasteiger partial charge in [-0.25, -0.2) is 4.98 Å².